The summed E-state index contributed by atoms with van der Waals surface area (Å²) >= 11 is 0. The summed E-state index contributed by atoms with van der Waals surface area (Å²) in [6.45, 7) is 5.37. The van der Waals surface area contributed by atoms with E-state index in [4.69, 9.17) is 4.42 Å². The maximum atomic E-state index is 12.7. The maximum Gasteiger partial charge on any atom is 0.471 e. The number of halogens is 3. The molecule has 1 aromatic rings. The smallest absolute Gasteiger partial charge is 0.423 e. The number of carbonyl (C=O) groups excluding carboxylic acids is 2. The number of rotatable bonds is 5. The van der Waals surface area contributed by atoms with Crippen molar-refractivity contribution in [2.24, 2.45) is 5.92 Å². The number of amides is 2. The van der Waals surface area contributed by atoms with Gasteiger partial charge in [0.05, 0.1) is 0 Å². The average Bonchev–Trinajstić information content (AvgIpc) is 3.12. The Morgan fingerprint density at radius 3 is 2.56 bits per heavy atom. The number of aromatic nitrogens is 2. The van der Waals surface area contributed by atoms with Crippen LogP contribution in [0.2, 0.25) is 0 Å². The van der Waals surface area contributed by atoms with E-state index in [2.05, 4.69) is 15.5 Å². The lowest BCUT2D eigenvalue weighted by Gasteiger charge is -2.26. The first-order valence-corrected chi connectivity index (χ1v) is 8.07. The number of hydrogen-bond donors (Lipinski definition) is 1. The van der Waals surface area contributed by atoms with Crippen LogP contribution in [-0.4, -0.2) is 45.7 Å². The van der Waals surface area contributed by atoms with Crippen molar-refractivity contribution in [3.63, 3.8) is 0 Å². The molecule has 2 amide bonds. The predicted molar refractivity (Wildman–Crippen MR) is 80.2 cm³/mol. The van der Waals surface area contributed by atoms with Crippen LogP contribution in [0.4, 0.5) is 13.2 Å². The summed E-state index contributed by atoms with van der Waals surface area (Å²) in [6.07, 6.45) is -3.99. The van der Waals surface area contributed by atoms with Gasteiger partial charge in [0.15, 0.2) is 0 Å². The van der Waals surface area contributed by atoms with Crippen LogP contribution in [0.1, 0.15) is 50.9 Å². The van der Waals surface area contributed by atoms with Crippen LogP contribution >= 0.6 is 0 Å². The third-order valence-electron chi connectivity index (χ3n) is 3.92. The molecule has 1 aliphatic rings. The van der Waals surface area contributed by atoms with E-state index in [1.807, 2.05) is 13.8 Å². The summed E-state index contributed by atoms with van der Waals surface area (Å²) in [6, 6.07) is -1.76. The van der Waals surface area contributed by atoms with Gasteiger partial charge in [-0.15, -0.1) is 10.2 Å². The van der Waals surface area contributed by atoms with Gasteiger partial charge in [-0.05, 0) is 25.2 Å². The fourth-order valence-electron chi connectivity index (χ4n) is 2.86. The van der Waals surface area contributed by atoms with Gasteiger partial charge in [-0.2, -0.15) is 13.2 Å². The van der Waals surface area contributed by atoms with Crippen molar-refractivity contribution < 1.29 is 27.2 Å². The molecule has 1 saturated heterocycles. The lowest BCUT2D eigenvalue weighted by Crippen LogP contribution is -2.50. The summed E-state index contributed by atoms with van der Waals surface area (Å²) in [4.78, 5) is 24.6. The minimum Gasteiger partial charge on any atom is -0.423 e. The van der Waals surface area contributed by atoms with Crippen molar-refractivity contribution in [3.8, 4) is 0 Å². The zero-order valence-corrected chi connectivity index (χ0v) is 14.3. The van der Waals surface area contributed by atoms with Crippen LogP contribution in [0.25, 0.3) is 0 Å². The Hall–Kier alpha value is -2.13. The molecule has 10 heteroatoms. The standard InChI is InChI=1S/C15H21F3N4O3/c1-8(2)7-10(13-21-20-9(3)25-13)19-12(23)11-5-4-6-22(11)14(24)15(16,17)18/h8,10-11H,4-7H2,1-3H3,(H,19,23). The quantitative estimate of drug-likeness (QED) is 0.867. The maximum absolute atomic E-state index is 12.7. The van der Waals surface area contributed by atoms with Gasteiger partial charge in [-0.25, -0.2) is 0 Å². The van der Waals surface area contributed by atoms with E-state index in [1.54, 1.807) is 6.92 Å². The zero-order chi connectivity index (χ0) is 18.8. The van der Waals surface area contributed by atoms with Crippen LogP contribution in [0, 0.1) is 12.8 Å². The Morgan fingerprint density at radius 2 is 2.04 bits per heavy atom. The van der Waals surface area contributed by atoms with Crippen molar-refractivity contribution >= 4 is 11.8 Å². The molecule has 0 aliphatic carbocycles. The van der Waals surface area contributed by atoms with Gasteiger partial charge < -0.3 is 14.6 Å². The Kier molecular flexibility index (Phi) is 5.69. The van der Waals surface area contributed by atoms with Gasteiger partial charge in [-0.1, -0.05) is 13.8 Å². The molecule has 7 nitrogen and oxygen atoms in total. The summed E-state index contributed by atoms with van der Waals surface area (Å²) in [5.41, 5.74) is 0. The molecular formula is C15H21F3N4O3. The van der Waals surface area contributed by atoms with Gasteiger partial charge in [0.1, 0.15) is 12.1 Å². The van der Waals surface area contributed by atoms with E-state index in [1.165, 1.54) is 0 Å². The second kappa shape index (κ2) is 7.40. The molecule has 2 rings (SSSR count). The fourth-order valence-corrected chi connectivity index (χ4v) is 2.86. The van der Waals surface area contributed by atoms with Crippen LogP contribution in [-0.2, 0) is 9.59 Å². The molecule has 1 aliphatic heterocycles. The molecule has 25 heavy (non-hydrogen) atoms. The van der Waals surface area contributed by atoms with Crippen molar-refractivity contribution in [2.75, 3.05) is 6.54 Å². The first-order chi connectivity index (χ1) is 11.6. The molecule has 0 bridgehead atoms. The van der Waals surface area contributed by atoms with Crippen molar-refractivity contribution in [3.05, 3.63) is 11.8 Å². The largest absolute Gasteiger partial charge is 0.471 e. The summed E-state index contributed by atoms with van der Waals surface area (Å²) in [5.74, 6) is -1.93. The number of likely N-dealkylation sites (tertiary alicyclic amines) is 1. The minimum absolute atomic E-state index is 0.0923. The molecule has 1 aromatic heterocycles. The lowest BCUT2D eigenvalue weighted by atomic mass is 10.0. The first kappa shape index (κ1) is 19.2. The summed E-state index contributed by atoms with van der Waals surface area (Å²) in [5, 5.41) is 10.3. The third kappa shape index (κ3) is 4.70. The highest BCUT2D eigenvalue weighted by Gasteiger charge is 2.48. The van der Waals surface area contributed by atoms with Gasteiger partial charge in [0.2, 0.25) is 17.7 Å². The van der Waals surface area contributed by atoms with Crippen LogP contribution in [0.15, 0.2) is 4.42 Å². The number of carbonyl (C=O) groups is 2. The van der Waals surface area contributed by atoms with Crippen LogP contribution < -0.4 is 5.32 Å². The number of nitrogens with one attached hydrogen (secondary N) is 1. The highest BCUT2D eigenvalue weighted by atomic mass is 19.4. The monoisotopic (exact) mass is 362 g/mol. The highest BCUT2D eigenvalue weighted by molar-refractivity contribution is 5.90. The second-order valence-electron chi connectivity index (χ2n) is 6.50. The average molecular weight is 362 g/mol. The molecule has 2 heterocycles. The Labute approximate surface area is 143 Å². The molecule has 1 N–H and O–H groups in total. The number of alkyl halides is 3. The summed E-state index contributed by atoms with van der Waals surface area (Å²) in [7, 11) is 0. The van der Waals surface area contributed by atoms with Gasteiger partial charge in [-0.3, -0.25) is 9.59 Å². The van der Waals surface area contributed by atoms with Gasteiger partial charge >= 0.3 is 12.1 Å². The molecule has 2 unspecified atom stereocenters. The molecule has 140 valence electrons. The fraction of sp³-hybridized carbons (Fsp3) is 0.733. The van der Waals surface area contributed by atoms with E-state index in [9.17, 15) is 22.8 Å². The zero-order valence-electron chi connectivity index (χ0n) is 14.3. The molecule has 0 spiro atoms. The van der Waals surface area contributed by atoms with E-state index in [-0.39, 0.29) is 24.8 Å². The van der Waals surface area contributed by atoms with Crippen molar-refractivity contribution in [2.45, 2.75) is 58.3 Å². The summed E-state index contributed by atoms with van der Waals surface area (Å²) < 4.78 is 43.4. The predicted octanol–water partition coefficient (Wildman–Crippen LogP) is 2.13. The van der Waals surface area contributed by atoms with Crippen LogP contribution in [0.5, 0.6) is 0 Å². The van der Waals surface area contributed by atoms with Crippen LogP contribution in [0.3, 0.4) is 0 Å². The second-order valence-corrected chi connectivity index (χ2v) is 6.50. The third-order valence-corrected chi connectivity index (χ3v) is 3.92. The molecule has 1 fully saturated rings. The SMILES string of the molecule is Cc1nnc(C(CC(C)C)NC(=O)C2CCCN2C(=O)C(F)(F)F)o1. The van der Waals surface area contributed by atoms with E-state index < -0.39 is 30.1 Å². The van der Waals surface area contributed by atoms with E-state index in [0.717, 1.165) is 0 Å². The van der Waals surface area contributed by atoms with E-state index >= 15 is 0 Å². The van der Waals surface area contributed by atoms with Crippen molar-refractivity contribution in [1.82, 2.24) is 20.4 Å². The first-order valence-electron chi connectivity index (χ1n) is 8.07. The Balaban J connectivity index is 2.13. The Morgan fingerprint density at radius 1 is 1.36 bits per heavy atom. The van der Waals surface area contributed by atoms with Crippen molar-refractivity contribution in [1.29, 1.82) is 0 Å². The van der Waals surface area contributed by atoms with Gasteiger partial charge in [0, 0.05) is 13.5 Å². The topological polar surface area (TPSA) is 88.3 Å². The number of hydrogen-bond acceptors (Lipinski definition) is 5. The Bertz CT molecular complexity index is 630. The molecule has 2 atom stereocenters. The minimum atomic E-state index is -5.00. The van der Waals surface area contributed by atoms with Gasteiger partial charge in [0.25, 0.3) is 0 Å². The molecular weight excluding hydrogens is 341 g/mol. The molecule has 0 radical (unpaired) electrons. The van der Waals surface area contributed by atoms with E-state index in [0.29, 0.717) is 23.6 Å². The molecule has 0 saturated carbocycles. The number of aryl methyl sites for hydroxylation is 1. The number of nitrogens with zero attached hydrogens (tertiary/aromatic N) is 3. The normalized spacial score (nSPS) is 19.3. The molecule has 0 aromatic carbocycles. The highest BCUT2D eigenvalue weighted by Crippen LogP contribution is 2.27. The lowest BCUT2D eigenvalue weighted by molar-refractivity contribution is -0.186.